The molecule has 2 rings (SSSR count). The summed E-state index contributed by atoms with van der Waals surface area (Å²) in [4.78, 5) is 23.8. The Morgan fingerprint density at radius 2 is 2.26 bits per heavy atom. The molecule has 1 amide bonds. The van der Waals surface area contributed by atoms with Gasteiger partial charge in [0.25, 0.3) is 5.91 Å². The van der Waals surface area contributed by atoms with Crippen LogP contribution in [0.4, 0.5) is 0 Å². The molecule has 19 heavy (non-hydrogen) atoms. The van der Waals surface area contributed by atoms with Gasteiger partial charge in [-0.2, -0.15) is 0 Å². The van der Waals surface area contributed by atoms with E-state index in [4.69, 9.17) is 12.2 Å². The Balaban J connectivity index is 2.25. The van der Waals surface area contributed by atoms with Crippen LogP contribution in [0.25, 0.3) is 6.08 Å². The molecule has 0 unspecified atom stereocenters. The predicted molar refractivity (Wildman–Crippen MR) is 73.0 cm³/mol. The number of rotatable bonds is 3. The largest absolute Gasteiger partial charge is 0.548 e. The number of thioether (sulfide) groups is 1. The Labute approximate surface area is 118 Å². The Morgan fingerprint density at radius 3 is 2.89 bits per heavy atom. The van der Waals surface area contributed by atoms with Gasteiger partial charge in [-0.1, -0.05) is 36.1 Å². The van der Waals surface area contributed by atoms with E-state index < -0.39 is 18.4 Å². The number of nitrogens with zero attached hydrogens (tertiary/aromatic N) is 1. The first-order chi connectivity index (χ1) is 8.97. The van der Waals surface area contributed by atoms with Crippen LogP contribution in [0, 0.1) is 0 Å². The summed E-state index contributed by atoms with van der Waals surface area (Å²) < 4.78 is 0.181. The molecule has 1 fully saturated rings. The molecule has 1 aliphatic heterocycles. The van der Waals surface area contributed by atoms with Crippen molar-refractivity contribution in [3.8, 4) is 5.75 Å². The molecule has 1 heterocycles. The zero-order valence-corrected chi connectivity index (χ0v) is 11.2. The van der Waals surface area contributed by atoms with Gasteiger partial charge in [0.15, 0.2) is 0 Å². The van der Waals surface area contributed by atoms with Crippen LogP contribution in [0.15, 0.2) is 29.2 Å². The third-order valence-electron chi connectivity index (χ3n) is 2.33. The van der Waals surface area contributed by atoms with Crippen LogP contribution in [0.5, 0.6) is 5.75 Å². The minimum absolute atomic E-state index is 0.0824. The van der Waals surface area contributed by atoms with Crippen molar-refractivity contribution in [1.82, 2.24) is 4.90 Å². The molecule has 1 aliphatic rings. The van der Waals surface area contributed by atoms with Crippen molar-refractivity contribution < 1.29 is 19.8 Å². The number of aromatic hydroxyl groups is 1. The first-order valence-electron chi connectivity index (χ1n) is 5.21. The standard InChI is InChI=1S/C12H9NO4S2/c14-8-3-1-2-7(4-8)5-9-11(17)13(6-10(15)16)12(18)19-9/h1-5,14H,6H2,(H,15,16)/p-1/b9-5-. The number of carboxylic acid groups (broad SMARTS) is 1. The van der Waals surface area contributed by atoms with Crippen molar-refractivity contribution in [3.05, 3.63) is 34.7 Å². The number of aliphatic carboxylic acids is 1. The molecule has 1 aromatic carbocycles. The van der Waals surface area contributed by atoms with Crippen molar-refractivity contribution in [2.45, 2.75) is 0 Å². The van der Waals surface area contributed by atoms with Crippen molar-refractivity contribution >= 4 is 46.3 Å². The van der Waals surface area contributed by atoms with E-state index in [1.807, 2.05) is 0 Å². The molecule has 98 valence electrons. The third-order valence-corrected chi connectivity index (χ3v) is 3.71. The second kappa shape index (κ2) is 5.41. The highest BCUT2D eigenvalue weighted by molar-refractivity contribution is 8.26. The van der Waals surface area contributed by atoms with Gasteiger partial charge in [0.05, 0.1) is 17.4 Å². The van der Waals surface area contributed by atoms with Gasteiger partial charge in [-0.15, -0.1) is 0 Å². The van der Waals surface area contributed by atoms with E-state index in [0.717, 1.165) is 16.7 Å². The van der Waals surface area contributed by atoms with Crippen LogP contribution in [0.1, 0.15) is 5.56 Å². The van der Waals surface area contributed by atoms with Gasteiger partial charge < -0.3 is 15.0 Å². The number of benzene rings is 1. The third kappa shape index (κ3) is 3.12. The molecule has 0 atom stereocenters. The highest BCUT2D eigenvalue weighted by atomic mass is 32.2. The van der Waals surface area contributed by atoms with Gasteiger partial charge in [0.1, 0.15) is 10.1 Å². The Kier molecular flexibility index (Phi) is 3.87. The summed E-state index contributed by atoms with van der Waals surface area (Å²) in [5.41, 5.74) is 0.633. The van der Waals surface area contributed by atoms with Crippen LogP contribution >= 0.6 is 24.0 Å². The molecular weight excluding hydrogens is 286 g/mol. The fourth-order valence-electron chi connectivity index (χ4n) is 1.53. The maximum Gasteiger partial charge on any atom is 0.266 e. The molecule has 0 radical (unpaired) electrons. The van der Waals surface area contributed by atoms with Crippen LogP contribution in [0.2, 0.25) is 0 Å². The van der Waals surface area contributed by atoms with E-state index in [2.05, 4.69) is 0 Å². The predicted octanol–water partition coefficient (Wildman–Crippen LogP) is 0.343. The highest BCUT2D eigenvalue weighted by Gasteiger charge is 2.31. The minimum Gasteiger partial charge on any atom is -0.548 e. The van der Waals surface area contributed by atoms with Gasteiger partial charge in [0.2, 0.25) is 0 Å². The number of thiocarbonyl (C=S) groups is 1. The number of hydrogen-bond acceptors (Lipinski definition) is 6. The molecule has 1 aromatic rings. The molecule has 5 nitrogen and oxygen atoms in total. The minimum atomic E-state index is -1.37. The molecule has 0 aliphatic carbocycles. The second-order valence-corrected chi connectivity index (χ2v) is 5.41. The summed E-state index contributed by atoms with van der Waals surface area (Å²) in [6.07, 6.45) is 1.55. The number of carbonyl (C=O) groups is 2. The van der Waals surface area contributed by atoms with Gasteiger partial charge in [-0.25, -0.2) is 0 Å². The fraction of sp³-hybridized carbons (Fsp3) is 0.0833. The van der Waals surface area contributed by atoms with Crippen molar-refractivity contribution in [3.63, 3.8) is 0 Å². The van der Waals surface area contributed by atoms with E-state index >= 15 is 0 Å². The lowest BCUT2D eigenvalue weighted by Gasteiger charge is -2.14. The first kappa shape index (κ1) is 13.6. The number of carbonyl (C=O) groups excluding carboxylic acids is 2. The van der Waals surface area contributed by atoms with Crippen LogP contribution in [-0.2, 0) is 9.59 Å². The SMILES string of the molecule is O=C([O-])CN1C(=O)/C(=C/c2cccc(O)c2)SC1=S. The Morgan fingerprint density at radius 1 is 1.53 bits per heavy atom. The molecule has 1 saturated heterocycles. The summed E-state index contributed by atoms with van der Waals surface area (Å²) in [5, 5.41) is 19.9. The molecule has 0 aromatic heterocycles. The smallest absolute Gasteiger partial charge is 0.266 e. The fourth-order valence-corrected chi connectivity index (χ4v) is 2.79. The van der Waals surface area contributed by atoms with Crippen LogP contribution in [-0.4, -0.2) is 32.7 Å². The van der Waals surface area contributed by atoms with Crippen LogP contribution in [0.3, 0.4) is 0 Å². The lowest BCUT2D eigenvalue weighted by Crippen LogP contribution is -2.40. The van der Waals surface area contributed by atoms with E-state index in [0.29, 0.717) is 10.5 Å². The number of phenolic OH excluding ortho intramolecular Hbond substituents is 1. The number of hydrogen-bond donors (Lipinski definition) is 1. The zero-order valence-electron chi connectivity index (χ0n) is 9.53. The highest BCUT2D eigenvalue weighted by Crippen LogP contribution is 2.32. The second-order valence-electron chi connectivity index (χ2n) is 3.73. The summed E-state index contributed by atoms with van der Waals surface area (Å²) in [5.74, 6) is -1.75. The van der Waals surface area contributed by atoms with E-state index in [1.54, 1.807) is 18.2 Å². The average molecular weight is 294 g/mol. The Hall–Kier alpha value is -1.86. The normalized spacial score (nSPS) is 17.3. The van der Waals surface area contributed by atoms with Gasteiger partial charge in [-0.3, -0.25) is 9.69 Å². The Bertz CT molecular complexity index is 597. The summed E-state index contributed by atoms with van der Waals surface area (Å²) in [7, 11) is 0. The summed E-state index contributed by atoms with van der Waals surface area (Å²) in [6, 6.07) is 6.36. The van der Waals surface area contributed by atoms with Gasteiger partial charge in [-0.05, 0) is 23.8 Å². The molecular formula is C12H8NO4S2-. The van der Waals surface area contributed by atoms with Crippen molar-refractivity contribution in [2.24, 2.45) is 0 Å². The molecule has 0 spiro atoms. The number of amides is 1. The lowest BCUT2D eigenvalue weighted by molar-refractivity contribution is -0.305. The lowest BCUT2D eigenvalue weighted by atomic mass is 10.2. The summed E-state index contributed by atoms with van der Waals surface area (Å²) in [6.45, 7) is -0.554. The van der Waals surface area contributed by atoms with E-state index in [1.165, 1.54) is 12.1 Å². The average Bonchev–Trinajstić information content (AvgIpc) is 2.57. The molecule has 0 saturated carbocycles. The topological polar surface area (TPSA) is 80.7 Å². The molecule has 1 N–H and O–H groups in total. The summed E-state index contributed by atoms with van der Waals surface area (Å²) >= 11 is 5.96. The van der Waals surface area contributed by atoms with Crippen molar-refractivity contribution in [1.29, 1.82) is 0 Å². The number of phenols is 1. The van der Waals surface area contributed by atoms with Crippen molar-refractivity contribution in [2.75, 3.05) is 6.54 Å². The monoisotopic (exact) mass is 294 g/mol. The zero-order chi connectivity index (χ0) is 14.0. The number of carboxylic acids is 1. The first-order valence-corrected chi connectivity index (χ1v) is 6.44. The van der Waals surface area contributed by atoms with E-state index in [-0.39, 0.29) is 10.1 Å². The molecule has 7 heteroatoms. The maximum absolute atomic E-state index is 11.9. The maximum atomic E-state index is 11.9. The molecule has 0 bridgehead atoms. The quantitative estimate of drug-likeness (QED) is 0.640. The van der Waals surface area contributed by atoms with Crippen LogP contribution < -0.4 is 5.11 Å². The van der Waals surface area contributed by atoms with Gasteiger partial charge in [0, 0.05) is 0 Å². The van der Waals surface area contributed by atoms with E-state index in [9.17, 15) is 19.8 Å². The van der Waals surface area contributed by atoms with Gasteiger partial charge >= 0.3 is 0 Å².